The van der Waals surface area contributed by atoms with E-state index in [4.69, 9.17) is 17.0 Å². The van der Waals surface area contributed by atoms with Gasteiger partial charge in [-0.05, 0) is 44.3 Å². The molecule has 0 unspecified atom stereocenters. The molecule has 0 radical (unpaired) electrons. The first kappa shape index (κ1) is 14.6. The number of nitrogens with zero attached hydrogens (tertiary/aromatic N) is 2. The van der Waals surface area contributed by atoms with Gasteiger partial charge in [-0.15, -0.1) is 0 Å². The number of ether oxygens (including phenoxy) is 1. The van der Waals surface area contributed by atoms with E-state index in [9.17, 15) is 4.79 Å². The molecule has 1 fully saturated rings. The molecule has 114 valence electrons. The molecule has 3 rings (SSSR count). The average molecular weight is 315 g/mol. The highest BCUT2D eigenvalue weighted by Gasteiger charge is 2.29. The van der Waals surface area contributed by atoms with Crippen LogP contribution >= 0.6 is 12.2 Å². The lowest BCUT2D eigenvalue weighted by molar-refractivity contribution is -0.122. The summed E-state index contributed by atoms with van der Waals surface area (Å²) in [7, 11) is 0. The Morgan fingerprint density at radius 3 is 2.59 bits per heavy atom. The fourth-order valence-corrected chi connectivity index (χ4v) is 2.85. The van der Waals surface area contributed by atoms with Crippen LogP contribution in [0.4, 0.5) is 5.69 Å². The van der Waals surface area contributed by atoms with Crippen molar-refractivity contribution in [1.82, 2.24) is 10.2 Å². The largest absolute Gasteiger partial charge is 0.439 e. The molecule has 1 aromatic rings. The van der Waals surface area contributed by atoms with Gasteiger partial charge in [-0.25, -0.2) is 0 Å². The molecule has 0 atom stereocenters. The molecular formula is C16H17N3O2S. The zero-order valence-electron chi connectivity index (χ0n) is 12.5. The molecule has 1 N–H and O–H groups in total. The van der Waals surface area contributed by atoms with Crippen molar-refractivity contribution in [3.05, 3.63) is 48.0 Å². The van der Waals surface area contributed by atoms with Gasteiger partial charge in [0.15, 0.2) is 10.9 Å². The Balaban J connectivity index is 1.87. The van der Waals surface area contributed by atoms with Crippen LogP contribution in [0.5, 0.6) is 5.75 Å². The van der Waals surface area contributed by atoms with Crippen LogP contribution in [-0.4, -0.2) is 29.0 Å². The molecule has 0 bridgehead atoms. The van der Waals surface area contributed by atoms with Crippen LogP contribution in [0.15, 0.2) is 48.0 Å². The molecule has 1 amide bonds. The molecule has 6 heteroatoms. The second-order valence-corrected chi connectivity index (χ2v) is 5.27. The lowest BCUT2D eigenvalue weighted by Gasteiger charge is -2.14. The Bertz CT molecular complexity index is 696. The zero-order chi connectivity index (χ0) is 15.7. The Hall–Kier alpha value is -2.34. The number of carbonyl (C=O) groups is 1. The minimum Gasteiger partial charge on any atom is -0.439 e. The lowest BCUT2D eigenvalue weighted by Crippen LogP contribution is -2.30. The first-order valence-electron chi connectivity index (χ1n) is 7.25. The minimum atomic E-state index is -0.108. The predicted molar refractivity (Wildman–Crippen MR) is 89.4 cm³/mol. The third-order valence-corrected chi connectivity index (χ3v) is 3.95. The molecule has 1 saturated heterocycles. The number of likely N-dealkylation sites (N-methyl/N-ethyl adjacent to an activating group) is 1. The average Bonchev–Trinajstić information content (AvgIpc) is 3.01. The highest BCUT2D eigenvalue weighted by molar-refractivity contribution is 7.80. The standard InChI is InChI=1S/C16H17N3O2S/c1-3-18-12-7-5-6-8-13(12)21-14(18)10-9-11-15(20)19(4-2)16(22)17-11/h5-10H,3-4H2,1-2H3,(H,17,22)/b11-9+,14-10-. The second kappa shape index (κ2) is 5.81. The molecular weight excluding hydrogens is 298 g/mol. The number of anilines is 1. The number of hydrogen-bond donors (Lipinski definition) is 1. The first-order chi connectivity index (χ1) is 10.7. The molecule has 0 saturated carbocycles. The fraction of sp³-hybridized carbons (Fsp3) is 0.250. The maximum Gasteiger partial charge on any atom is 0.276 e. The van der Waals surface area contributed by atoms with E-state index in [-0.39, 0.29) is 5.91 Å². The van der Waals surface area contributed by atoms with Gasteiger partial charge in [0.25, 0.3) is 5.91 Å². The zero-order valence-corrected chi connectivity index (χ0v) is 13.3. The number of benzene rings is 1. The number of para-hydroxylation sites is 2. The number of thiocarbonyl (C=S) groups is 1. The minimum absolute atomic E-state index is 0.108. The van der Waals surface area contributed by atoms with Crippen LogP contribution in [0.3, 0.4) is 0 Å². The topological polar surface area (TPSA) is 44.8 Å². The molecule has 22 heavy (non-hydrogen) atoms. The van der Waals surface area contributed by atoms with Gasteiger partial charge in [0.2, 0.25) is 5.88 Å². The summed E-state index contributed by atoms with van der Waals surface area (Å²) in [6, 6.07) is 7.86. The van der Waals surface area contributed by atoms with Crippen molar-refractivity contribution in [1.29, 1.82) is 0 Å². The molecule has 2 aliphatic heterocycles. The summed E-state index contributed by atoms with van der Waals surface area (Å²) in [5, 5.41) is 3.38. The maximum absolute atomic E-state index is 12.1. The van der Waals surface area contributed by atoms with Crippen molar-refractivity contribution in [3.8, 4) is 5.75 Å². The van der Waals surface area contributed by atoms with Crippen LogP contribution < -0.4 is 15.0 Å². The van der Waals surface area contributed by atoms with Gasteiger partial charge < -0.3 is 15.0 Å². The number of allylic oxidation sites excluding steroid dienone is 2. The van der Waals surface area contributed by atoms with Crippen molar-refractivity contribution in [2.75, 3.05) is 18.0 Å². The summed E-state index contributed by atoms with van der Waals surface area (Å²) in [6.45, 7) is 5.29. The van der Waals surface area contributed by atoms with Gasteiger partial charge in [0, 0.05) is 19.2 Å². The number of carbonyl (C=O) groups excluding carboxylic acids is 1. The van der Waals surface area contributed by atoms with Crippen LogP contribution in [0.2, 0.25) is 0 Å². The van der Waals surface area contributed by atoms with Crippen LogP contribution in [-0.2, 0) is 4.79 Å². The molecule has 1 aromatic carbocycles. The first-order valence-corrected chi connectivity index (χ1v) is 7.65. The van der Waals surface area contributed by atoms with Gasteiger partial charge in [-0.1, -0.05) is 12.1 Å². The van der Waals surface area contributed by atoms with E-state index in [0.717, 1.165) is 18.0 Å². The van der Waals surface area contributed by atoms with E-state index in [1.165, 1.54) is 4.90 Å². The smallest absolute Gasteiger partial charge is 0.276 e. The van der Waals surface area contributed by atoms with E-state index in [1.54, 1.807) is 12.2 Å². The second-order valence-electron chi connectivity index (χ2n) is 4.88. The third kappa shape index (κ3) is 2.35. The van der Waals surface area contributed by atoms with Crippen LogP contribution in [0.25, 0.3) is 0 Å². The SMILES string of the molecule is CCN1C(=O)/C(=C\C=C2/Oc3ccccc3N2CC)NC1=S. The predicted octanol–water partition coefficient (Wildman–Crippen LogP) is 2.37. The number of hydrogen-bond acceptors (Lipinski definition) is 4. The Morgan fingerprint density at radius 1 is 1.18 bits per heavy atom. The van der Waals surface area contributed by atoms with Crippen molar-refractivity contribution in [3.63, 3.8) is 0 Å². The van der Waals surface area contributed by atoms with Crippen molar-refractivity contribution in [2.45, 2.75) is 13.8 Å². The summed E-state index contributed by atoms with van der Waals surface area (Å²) >= 11 is 5.14. The van der Waals surface area contributed by atoms with Gasteiger partial charge in [-0.3, -0.25) is 9.69 Å². The molecule has 5 nitrogen and oxygen atoms in total. The summed E-state index contributed by atoms with van der Waals surface area (Å²) in [5.41, 5.74) is 1.50. The summed E-state index contributed by atoms with van der Waals surface area (Å²) in [4.78, 5) is 15.7. The Kier molecular flexibility index (Phi) is 3.85. The highest BCUT2D eigenvalue weighted by atomic mass is 32.1. The highest BCUT2D eigenvalue weighted by Crippen LogP contribution is 2.38. The molecule has 0 aliphatic carbocycles. The number of amides is 1. The number of rotatable bonds is 3. The number of nitrogens with one attached hydrogen (secondary N) is 1. The van der Waals surface area contributed by atoms with Gasteiger partial charge in [0.1, 0.15) is 5.70 Å². The van der Waals surface area contributed by atoms with Crippen molar-refractivity contribution < 1.29 is 9.53 Å². The molecule has 2 heterocycles. The summed E-state index contributed by atoms with van der Waals surface area (Å²) < 4.78 is 5.84. The Morgan fingerprint density at radius 2 is 1.91 bits per heavy atom. The molecule has 0 spiro atoms. The van der Waals surface area contributed by atoms with E-state index in [0.29, 0.717) is 23.2 Å². The third-order valence-electron chi connectivity index (χ3n) is 3.62. The summed E-state index contributed by atoms with van der Waals surface area (Å²) in [5.74, 6) is 1.42. The maximum atomic E-state index is 12.1. The van der Waals surface area contributed by atoms with Gasteiger partial charge in [0.05, 0.1) is 5.69 Å². The van der Waals surface area contributed by atoms with E-state index >= 15 is 0 Å². The monoisotopic (exact) mass is 315 g/mol. The van der Waals surface area contributed by atoms with E-state index < -0.39 is 0 Å². The van der Waals surface area contributed by atoms with Crippen molar-refractivity contribution in [2.24, 2.45) is 0 Å². The molecule has 0 aromatic heterocycles. The summed E-state index contributed by atoms with van der Waals surface area (Å²) in [6.07, 6.45) is 3.51. The lowest BCUT2D eigenvalue weighted by atomic mass is 10.3. The van der Waals surface area contributed by atoms with Crippen LogP contribution in [0, 0.1) is 0 Å². The van der Waals surface area contributed by atoms with E-state index in [1.807, 2.05) is 31.2 Å². The Labute approximate surface area is 134 Å². The quantitative estimate of drug-likeness (QED) is 0.685. The normalized spacial score (nSPS) is 20.6. The van der Waals surface area contributed by atoms with Crippen LogP contribution in [0.1, 0.15) is 13.8 Å². The van der Waals surface area contributed by atoms with Gasteiger partial charge >= 0.3 is 0 Å². The number of fused-ring (bicyclic) bond motifs is 1. The fourth-order valence-electron chi connectivity index (χ4n) is 2.53. The van der Waals surface area contributed by atoms with Crippen molar-refractivity contribution >= 4 is 28.9 Å². The van der Waals surface area contributed by atoms with E-state index in [2.05, 4.69) is 17.1 Å². The van der Waals surface area contributed by atoms with Gasteiger partial charge in [-0.2, -0.15) is 0 Å². The molecule has 2 aliphatic rings.